The summed E-state index contributed by atoms with van der Waals surface area (Å²) >= 11 is 5.84. The van der Waals surface area contributed by atoms with Crippen LogP contribution in [0.3, 0.4) is 0 Å². The normalized spacial score (nSPS) is 13.7. The lowest BCUT2D eigenvalue weighted by Gasteiger charge is -2.20. The highest BCUT2D eigenvalue weighted by atomic mass is 35.5. The number of sulfonamides is 1. The van der Waals surface area contributed by atoms with Gasteiger partial charge in [-0.2, -0.15) is 0 Å². The molecule has 0 bridgehead atoms. The number of aliphatic hydroxyl groups excluding tert-OH is 1. The van der Waals surface area contributed by atoms with Crippen molar-refractivity contribution in [1.82, 2.24) is 4.72 Å². The molecule has 0 aromatic heterocycles. The Hall–Kier alpha value is -0.620. The molecule has 0 heterocycles. The number of halogens is 1. The van der Waals surface area contributed by atoms with Gasteiger partial charge in [0.05, 0.1) is 11.0 Å². The molecule has 4 nitrogen and oxygen atoms in total. The van der Waals surface area contributed by atoms with Crippen LogP contribution in [0.5, 0.6) is 0 Å². The summed E-state index contributed by atoms with van der Waals surface area (Å²) in [7, 11) is -3.65. The second-order valence-electron chi connectivity index (χ2n) is 4.91. The summed E-state index contributed by atoms with van der Waals surface area (Å²) in [5.41, 5.74) is 0.624. The van der Waals surface area contributed by atoms with E-state index in [9.17, 15) is 13.5 Å². The molecule has 1 atom stereocenters. The molecule has 6 heteroatoms. The third-order valence-electron chi connectivity index (χ3n) is 3.52. The lowest BCUT2D eigenvalue weighted by Crippen LogP contribution is -2.36. The van der Waals surface area contributed by atoms with Crippen molar-refractivity contribution in [2.75, 3.05) is 6.54 Å². The first-order valence-electron chi connectivity index (χ1n) is 6.75. The van der Waals surface area contributed by atoms with Gasteiger partial charge in [-0.3, -0.25) is 0 Å². The van der Waals surface area contributed by atoms with Crippen LogP contribution in [0, 0.1) is 12.8 Å². The van der Waals surface area contributed by atoms with Crippen LogP contribution in [-0.2, 0) is 10.0 Å². The fourth-order valence-corrected chi connectivity index (χ4v) is 3.69. The van der Waals surface area contributed by atoms with Gasteiger partial charge in [0, 0.05) is 11.6 Å². The fraction of sp³-hybridized carbons (Fsp3) is 0.571. The lowest BCUT2D eigenvalue weighted by atomic mass is 9.97. The fourth-order valence-electron chi connectivity index (χ4n) is 2.14. The van der Waals surface area contributed by atoms with Crippen molar-refractivity contribution < 1.29 is 13.5 Å². The number of benzene rings is 1. The Balaban J connectivity index is 2.83. The molecule has 1 rings (SSSR count). The first-order chi connectivity index (χ1) is 9.31. The van der Waals surface area contributed by atoms with E-state index in [0.29, 0.717) is 10.6 Å². The zero-order valence-electron chi connectivity index (χ0n) is 12.1. The number of nitrogens with one attached hydrogen (secondary N) is 1. The number of rotatable bonds is 7. The Labute approximate surface area is 126 Å². The molecular weight excluding hydrogens is 298 g/mol. The molecule has 0 saturated carbocycles. The van der Waals surface area contributed by atoms with Crippen molar-refractivity contribution in [3.05, 3.63) is 28.8 Å². The molecule has 20 heavy (non-hydrogen) atoms. The third-order valence-corrected chi connectivity index (χ3v) is 5.32. The topological polar surface area (TPSA) is 66.4 Å². The van der Waals surface area contributed by atoms with Crippen LogP contribution in [0.1, 0.15) is 32.3 Å². The Morgan fingerprint density at radius 1 is 1.30 bits per heavy atom. The van der Waals surface area contributed by atoms with Crippen molar-refractivity contribution in [2.45, 2.75) is 44.6 Å². The summed E-state index contributed by atoms with van der Waals surface area (Å²) in [4.78, 5) is 0.154. The van der Waals surface area contributed by atoms with Crippen LogP contribution < -0.4 is 4.72 Å². The van der Waals surface area contributed by atoms with E-state index in [-0.39, 0.29) is 17.4 Å². The number of aliphatic hydroxyl groups is 1. The van der Waals surface area contributed by atoms with Crippen molar-refractivity contribution in [3.8, 4) is 0 Å². The van der Waals surface area contributed by atoms with Crippen molar-refractivity contribution in [2.24, 2.45) is 5.92 Å². The minimum Gasteiger partial charge on any atom is -0.391 e. The molecule has 1 unspecified atom stereocenters. The van der Waals surface area contributed by atoms with Crippen molar-refractivity contribution >= 4 is 21.6 Å². The molecule has 0 radical (unpaired) electrons. The van der Waals surface area contributed by atoms with Gasteiger partial charge in [0.25, 0.3) is 0 Å². The van der Waals surface area contributed by atoms with Crippen LogP contribution in [0.15, 0.2) is 23.1 Å². The minimum absolute atomic E-state index is 0.0145. The summed E-state index contributed by atoms with van der Waals surface area (Å²) < 4.78 is 26.9. The third kappa shape index (κ3) is 4.45. The number of hydrogen-bond donors (Lipinski definition) is 2. The van der Waals surface area contributed by atoms with E-state index in [1.807, 2.05) is 13.8 Å². The summed E-state index contributed by atoms with van der Waals surface area (Å²) in [6, 6.07) is 4.73. The maximum Gasteiger partial charge on any atom is 0.240 e. The molecule has 0 amide bonds. The van der Waals surface area contributed by atoms with E-state index >= 15 is 0 Å². The predicted octanol–water partition coefficient (Wildman–Crippen LogP) is 2.72. The first kappa shape index (κ1) is 17.4. The van der Waals surface area contributed by atoms with Gasteiger partial charge in [0.15, 0.2) is 0 Å². The molecule has 1 aromatic rings. The van der Waals surface area contributed by atoms with E-state index in [0.717, 1.165) is 12.8 Å². The van der Waals surface area contributed by atoms with Gasteiger partial charge < -0.3 is 5.11 Å². The summed E-state index contributed by atoms with van der Waals surface area (Å²) in [6.07, 6.45) is 0.949. The van der Waals surface area contributed by atoms with Gasteiger partial charge >= 0.3 is 0 Å². The van der Waals surface area contributed by atoms with E-state index < -0.39 is 16.1 Å². The maximum absolute atomic E-state index is 12.2. The smallest absolute Gasteiger partial charge is 0.240 e. The van der Waals surface area contributed by atoms with Gasteiger partial charge in [-0.1, -0.05) is 44.4 Å². The van der Waals surface area contributed by atoms with Gasteiger partial charge in [0.1, 0.15) is 0 Å². The standard InChI is InChI=1S/C14H22ClNO3S/c1-4-11(5-2)13(17)9-16-20(18,19)14-8-12(15)7-6-10(14)3/h6-8,11,13,16-17H,4-5,9H2,1-3H3. The molecule has 0 fully saturated rings. The van der Waals surface area contributed by atoms with Crippen molar-refractivity contribution in [3.63, 3.8) is 0 Å². The Morgan fingerprint density at radius 2 is 1.90 bits per heavy atom. The Bertz CT molecular complexity index is 541. The van der Waals surface area contributed by atoms with E-state index in [1.54, 1.807) is 19.1 Å². The monoisotopic (exact) mass is 319 g/mol. The largest absolute Gasteiger partial charge is 0.391 e. The zero-order chi connectivity index (χ0) is 15.3. The van der Waals surface area contributed by atoms with Crippen LogP contribution in [0.4, 0.5) is 0 Å². The molecule has 2 N–H and O–H groups in total. The minimum atomic E-state index is -3.65. The second-order valence-corrected chi connectivity index (χ2v) is 7.08. The van der Waals surface area contributed by atoms with E-state index in [2.05, 4.69) is 4.72 Å². The Kier molecular flexibility index (Phi) is 6.45. The molecule has 0 spiro atoms. The highest BCUT2D eigenvalue weighted by Gasteiger charge is 2.21. The summed E-state index contributed by atoms with van der Waals surface area (Å²) in [5.74, 6) is 0.0955. The highest BCUT2D eigenvalue weighted by Crippen LogP contribution is 2.20. The van der Waals surface area contributed by atoms with E-state index in [1.165, 1.54) is 6.07 Å². The quantitative estimate of drug-likeness (QED) is 0.812. The molecule has 0 aliphatic carbocycles. The van der Waals surface area contributed by atoms with Gasteiger partial charge in [-0.25, -0.2) is 13.1 Å². The second kappa shape index (κ2) is 7.41. The van der Waals surface area contributed by atoms with Crippen LogP contribution >= 0.6 is 11.6 Å². The zero-order valence-corrected chi connectivity index (χ0v) is 13.6. The number of aryl methyl sites for hydroxylation is 1. The molecule has 0 saturated heterocycles. The van der Waals surface area contributed by atoms with Gasteiger partial charge in [-0.15, -0.1) is 0 Å². The summed E-state index contributed by atoms with van der Waals surface area (Å²) in [5, 5.41) is 10.4. The molecule has 0 aliphatic rings. The van der Waals surface area contributed by atoms with Crippen molar-refractivity contribution in [1.29, 1.82) is 0 Å². The lowest BCUT2D eigenvalue weighted by molar-refractivity contribution is 0.107. The highest BCUT2D eigenvalue weighted by molar-refractivity contribution is 7.89. The predicted molar refractivity (Wildman–Crippen MR) is 81.5 cm³/mol. The molecule has 0 aliphatic heterocycles. The molecule has 114 valence electrons. The SMILES string of the molecule is CCC(CC)C(O)CNS(=O)(=O)c1cc(Cl)ccc1C. The number of hydrogen-bond acceptors (Lipinski definition) is 3. The maximum atomic E-state index is 12.2. The average Bonchev–Trinajstić information content (AvgIpc) is 2.40. The van der Waals surface area contributed by atoms with Crippen LogP contribution in [0.2, 0.25) is 5.02 Å². The first-order valence-corrected chi connectivity index (χ1v) is 8.61. The Morgan fingerprint density at radius 3 is 2.45 bits per heavy atom. The van der Waals surface area contributed by atoms with Gasteiger partial charge in [-0.05, 0) is 30.5 Å². The average molecular weight is 320 g/mol. The van der Waals surface area contributed by atoms with Crippen LogP contribution in [-0.4, -0.2) is 26.2 Å². The molecular formula is C14H22ClNO3S. The summed E-state index contributed by atoms with van der Waals surface area (Å²) in [6.45, 7) is 5.68. The van der Waals surface area contributed by atoms with E-state index in [4.69, 9.17) is 11.6 Å². The van der Waals surface area contributed by atoms with Crippen LogP contribution in [0.25, 0.3) is 0 Å². The molecule has 1 aromatic carbocycles. The van der Waals surface area contributed by atoms with Gasteiger partial charge in [0.2, 0.25) is 10.0 Å².